The standard InChI is InChI=1S/C25H28N2O4/c1-4-27(5-2)10-11-29-25-19-12-17-7-6-16-13-22-23(31-15-30-22)14-18(16)24(17)26-20(19)8-9-21(25)28-3/h8-9,12-14H,4-7,10-11,15H2,1-3H3. The Morgan fingerprint density at radius 2 is 1.77 bits per heavy atom. The molecule has 0 N–H and O–H groups in total. The summed E-state index contributed by atoms with van der Waals surface area (Å²) in [5.74, 6) is 3.15. The lowest BCUT2D eigenvalue weighted by Crippen LogP contribution is -2.28. The number of likely N-dealkylation sites (N-methyl/N-ethyl adjacent to an activating group) is 1. The molecule has 6 nitrogen and oxygen atoms in total. The molecular formula is C25H28N2O4. The van der Waals surface area contributed by atoms with Gasteiger partial charge in [-0.15, -0.1) is 0 Å². The third-order valence-corrected chi connectivity index (χ3v) is 6.28. The Bertz CT molecular complexity index is 1120. The molecule has 1 aliphatic carbocycles. The van der Waals surface area contributed by atoms with Crippen molar-refractivity contribution in [2.75, 3.05) is 40.1 Å². The first kappa shape index (κ1) is 19.9. The fraction of sp³-hybridized carbons (Fsp3) is 0.400. The summed E-state index contributed by atoms with van der Waals surface area (Å²) >= 11 is 0. The van der Waals surface area contributed by atoms with E-state index in [0.29, 0.717) is 6.61 Å². The lowest BCUT2D eigenvalue weighted by Gasteiger charge is -2.22. The van der Waals surface area contributed by atoms with Crippen molar-refractivity contribution in [2.24, 2.45) is 0 Å². The summed E-state index contributed by atoms with van der Waals surface area (Å²) in [5.41, 5.74) is 5.54. The summed E-state index contributed by atoms with van der Waals surface area (Å²) in [4.78, 5) is 7.40. The van der Waals surface area contributed by atoms with Gasteiger partial charge in [0.25, 0.3) is 0 Å². The second-order valence-corrected chi connectivity index (χ2v) is 7.90. The predicted molar refractivity (Wildman–Crippen MR) is 121 cm³/mol. The van der Waals surface area contributed by atoms with Crippen LogP contribution < -0.4 is 18.9 Å². The average Bonchev–Trinajstić information content (AvgIpc) is 3.26. The van der Waals surface area contributed by atoms with Gasteiger partial charge >= 0.3 is 0 Å². The third-order valence-electron chi connectivity index (χ3n) is 6.28. The zero-order valence-corrected chi connectivity index (χ0v) is 18.4. The summed E-state index contributed by atoms with van der Waals surface area (Å²) < 4.78 is 23.0. The highest BCUT2D eigenvalue weighted by Crippen LogP contribution is 2.44. The van der Waals surface area contributed by atoms with Crippen LogP contribution in [-0.2, 0) is 12.8 Å². The van der Waals surface area contributed by atoms with Gasteiger partial charge in [-0.2, -0.15) is 0 Å². The molecule has 6 heteroatoms. The molecule has 0 saturated carbocycles. The Balaban J connectivity index is 1.54. The number of aromatic nitrogens is 1. The summed E-state index contributed by atoms with van der Waals surface area (Å²) in [5, 5.41) is 1.00. The average molecular weight is 421 g/mol. The highest BCUT2D eigenvalue weighted by atomic mass is 16.7. The molecule has 0 radical (unpaired) electrons. The molecule has 0 fully saturated rings. The van der Waals surface area contributed by atoms with Gasteiger partial charge in [-0.05, 0) is 67.4 Å². The lowest BCUT2D eigenvalue weighted by molar-refractivity contribution is 0.174. The monoisotopic (exact) mass is 420 g/mol. The predicted octanol–water partition coefficient (Wildman–Crippen LogP) is 4.46. The van der Waals surface area contributed by atoms with Crippen LogP contribution in [0.4, 0.5) is 0 Å². The number of nitrogens with zero attached hydrogens (tertiary/aromatic N) is 2. The van der Waals surface area contributed by atoms with Crippen molar-refractivity contribution in [3.8, 4) is 34.3 Å². The second-order valence-electron chi connectivity index (χ2n) is 7.90. The van der Waals surface area contributed by atoms with E-state index in [9.17, 15) is 0 Å². The zero-order valence-electron chi connectivity index (χ0n) is 18.4. The van der Waals surface area contributed by atoms with Gasteiger partial charge in [0.15, 0.2) is 23.0 Å². The molecule has 162 valence electrons. The second kappa shape index (κ2) is 8.27. The van der Waals surface area contributed by atoms with E-state index in [1.807, 2.05) is 12.1 Å². The molecule has 0 atom stereocenters. The number of rotatable bonds is 7. The highest BCUT2D eigenvalue weighted by molar-refractivity contribution is 5.91. The topological polar surface area (TPSA) is 53.1 Å². The van der Waals surface area contributed by atoms with Gasteiger partial charge in [-0.1, -0.05) is 13.8 Å². The molecule has 2 aromatic carbocycles. The van der Waals surface area contributed by atoms with E-state index >= 15 is 0 Å². The molecule has 0 saturated heterocycles. The van der Waals surface area contributed by atoms with Crippen molar-refractivity contribution in [1.82, 2.24) is 9.88 Å². The smallest absolute Gasteiger partial charge is 0.231 e. The van der Waals surface area contributed by atoms with Crippen molar-refractivity contribution in [3.05, 3.63) is 41.5 Å². The molecule has 0 spiro atoms. The maximum Gasteiger partial charge on any atom is 0.231 e. The highest BCUT2D eigenvalue weighted by Gasteiger charge is 2.25. The first-order chi connectivity index (χ1) is 15.2. The molecular weight excluding hydrogens is 392 g/mol. The summed E-state index contributed by atoms with van der Waals surface area (Å²) in [6, 6.07) is 10.3. The van der Waals surface area contributed by atoms with E-state index in [1.165, 1.54) is 11.1 Å². The van der Waals surface area contributed by atoms with Crippen molar-refractivity contribution in [2.45, 2.75) is 26.7 Å². The number of fused-ring (bicyclic) bond motifs is 5. The first-order valence-corrected chi connectivity index (χ1v) is 11.0. The fourth-order valence-corrected chi connectivity index (χ4v) is 4.47. The molecule has 0 bridgehead atoms. The summed E-state index contributed by atoms with van der Waals surface area (Å²) in [6.45, 7) is 8.14. The van der Waals surface area contributed by atoms with Crippen LogP contribution in [0.3, 0.4) is 0 Å². The molecule has 3 aromatic rings. The van der Waals surface area contributed by atoms with Gasteiger partial charge in [-0.3, -0.25) is 0 Å². The molecule has 0 amide bonds. The minimum absolute atomic E-state index is 0.282. The Hall–Kier alpha value is -2.99. The van der Waals surface area contributed by atoms with Crippen LogP contribution in [-0.4, -0.2) is 50.0 Å². The van der Waals surface area contributed by atoms with Crippen LogP contribution in [0.2, 0.25) is 0 Å². The third kappa shape index (κ3) is 3.55. The van der Waals surface area contributed by atoms with Crippen LogP contribution in [0.25, 0.3) is 22.2 Å². The van der Waals surface area contributed by atoms with Crippen molar-refractivity contribution < 1.29 is 18.9 Å². The normalized spacial score (nSPS) is 13.9. The quantitative estimate of drug-likeness (QED) is 0.563. The summed E-state index contributed by atoms with van der Waals surface area (Å²) in [6.07, 6.45) is 1.88. The van der Waals surface area contributed by atoms with Crippen molar-refractivity contribution >= 4 is 10.9 Å². The van der Waals surface area contributed by atoms with E-state index in [4.69, 9.17) is 23.9 Å². The number of hydrogen-bond acceptors (Lipinski definition) is 6. The number of methoxy groups -OCH3 is 1. The first-order valence-electron chi connectivity index (χ1n) is 11.0. The van der Waals surface area contributed by atoms with Gasteiger partial charge in [-0.25, -0.2) is 4.98 Å². The van der Waals surface area contributed by atoms with Gasteiger partial charge in [0, 0.05) is 17.5 Å². The number of ether oxygens (including phenoxy) is 4. The van der Waals surface area contributed by atoms with E-state index < -0.39 is 0 Å². The molecule has 2 heterocycles. The maximum absolute atomic E-state index is 6.25. The number of aryl methyl sites for hydroxylation is 2. The Labute approximate surface area is 182 Å². The Kier molecular flexibility index (Phi) is 5.32. The molecule has 31 heavy (non-hydrogen) atoms. The molecule has 1 aliphatic heterocycles. The molecule has 1 aromatic heterocycles. The summed E-state index contributed by atoms with van der Waals surface area (Å²) in [7, 11) is 1.68. The van der Waals surface area contributed by atoms with Gasteiger partial charge < -0.3 is 23.8 Å². The zero-order chi connectivity index (χ0) is 21.4. The van der Waals surface area contributed by atoms with Crippen LogP contribution >= 0.6 is 0 Å². The SMILES string of the molecule is CCN(CC)CCOc1c(OC)ccc2nc3c(cc12)CCc1cc2c(cc1-3)OCO2. The maximum atomic E-state index is 6.25. The molecule has 5 rings (SSSR count). The van der Waals surface area contributed by atoms with E-state index in [0.717, 1.165) is 77.6 Å². The Morgan fingerprint density at radius 3 is 2.55 bits per heavy atom. The minimum atomic E-state index is 0.282. The van der Waals surface area contributed by atoms with Crippen molar-refractivity contribution in [1.29, 1.82) is 0 Å². The minimum Gasteiger partial charge on any atom is -0.493 e. The largest absolute Gasteiger partial charge is 0.493 e. The van der Waals surface area contributed by atoms with E-state index in [2.05, 4.69) is 36.9 Å². The molecule has 0 unspecified atom stereocenters. The Morgan fingerprint density at radius 1 is 1.00 bits per heavy atom. The number of benzene rings is 2. The van der Waals surface area contributed by atoms with Crippen LogP contribution in [0.15, 0.2) is 30.3 Å². The number of hydrogen-bond donors (Lipinski definition) is 0. The number of pyridine rings is 1. The van der Waals surface area contributed by atoms with Crippen molar-refractivity contribution in [3.63, 3.8) is 0 Å². The van der Waals surface area contributed by atoms with E-state index in [1.54, 1.807) is 7.11 Å². The fourth-order valence-electron chi connectivity index (χ4n) is 4.47. The lowest BCUT2D eigenvalue weighted by atomic mass is 9.88. The van der Waals surface area contributed by atoms with Gasteiger partial charge in [0.2, 0.25) is 6.79 Å². The van der Waals surface area contributed by atoms with Crippen LogP contribution in [0.5, 0.6) is 23.0 Å². The van der Waals surface area contributed by atoms with Gasteiger partial charge in [0.1, 0.15) is 6.61 Å². The van der Waals surface area contributed by atoms with Crippen LogP contribution in [0.1, 0.15) is 25.0 Å². The van der Waals surface area contributed by atoms with Crippen LogP contribution in [0, 0.1) is 0 Å². The van der Waals surface area contributed by atoms with E-state index in [-0.39, 0.29) is 6.79 Å². The van der Waals surface area contributed by atoms with Gasteiger partial charge in [0.05, 0.1) is 18.3 Å². The molecule has 2 aliphatic rings.